The van der Waals surface area contributed by atoms with Crippen molar-refractivity contribution in [2.75, 3.05) is 0 Å². The van der Waals surface area contributed by atoms with Crippen LogP contribution in [0.15, 0.2) is 6.07 Å². The average Bonchev–Trinajstić information content (AvgIpc) is 2.50. The average molecular weight is 244 g/mol. The van der Waals surface area contributed by atoms with E-state index in [1.165, 1.54) is 11.4 Å². The minimum absolute atomic E-state index is 0. The molecule has 1 aromatic heterocycles. The second-order valence-electron chi connectivity index (χ2n) is 3.48. The summed E-state index contributed by atoms with van der Waals surface area (Å²) in [7, 11) is 2.03. The van der Waals surface area contributed by atoms with Gasteiger partial charge >= 0.3 is 0 Å². The first-order chi connectivity index (χ1) is 6.70. The molecule has 0 unspecified atom stereocenters. The first-order valence-corrected chi connectivity index (χ1v) is 5.38. The first-order valence-electron chi connectivity index (χ1n) is 5.38. The molecule has 1 aliphatic rings. The van der Waals surface area contributed by atoms with Gasteiger partial charge < -0.3 is 4.57 Å². The van der Waals surface area contributed by atoms with Crippen molar-refractivity contribution in [2.45, 2.75) is 40.0 Å². The standard InChI is InChI=1S/C10H13NO.C2H6.V/c1-7-6-8-9(11(7)2)4-3-5-10(8)12;1-2;/h6H,3-5H2,1-2H3;1-2H3;. The Bertz CT molecular complexity index is 342. The van der Waals surface area contributed by atoms with E-state index >= 15 is 0 Å². The van der Waals surface area contributed by atoms with Crippen LogP contribution in [0.2, 0.25) is 0 Å². The van der Waals surface area contributed by atoms with Gasteiger partial charge in [0.25, 0.3) is 0 Å². The minimum atomic E-state index is 0. The van der Waals surface area contributed by atoms with E-state index in [9.17, 15) is 4.79 Å². The Morgan fingerprint density at radius 3 is 2.40 bits per heavy atom. The van der Waals surface area contributed by atoms with Crippen molar-refractivity contribution in [3.05, 3.63) is 23.0 Å². The van der Waals surface area contributed by atoms with E-state index in [1.54, 1.807) is 0 Å². The van der Waals surface area contributed by atoms with Gasteiger partial charge in [0.1, 0.15) is 0 Å². The fourth-order valence-electron chi connectivity index (χ4n) is 1.88. The minimum Gasteiger partial charge on any atom is -0.351 e. The van der Waals surface area contributed by atoms with E-state index in [0.29, 0.717) is 5.78 Å². The Morgan fingerprint density at radius 2 is 1.87 bits per heavy atom. The van der Waals surface area contributed by atoms with Gasteiger partial charge in [0, 0.05) is 49.0 Å². The van der Waals surface area contributed by atoms with Crippen molar-refractivity contribution in [3.8, 4) is 0 Å². The third kappa shape index (κ3) is 2.76. The smallest absolute Gasteiger partial charge is 0.164 e. The van der Waals surface area contributed by atoms with Gasteiger partial charge in [-0.1, -0.05) is 13.8 Å². The number of hydrogen-bond donors (Lipinski definition) is 0. The summed E-state index contributed by atoms with van der Waals surface area (Å²) in [6, 6.07) is 2.01. The molecule has 1 aromatic rings. The molecular formula is C12H19NOV. The van der Waals surface area contributed by atoms with Gasteiger partial charge in [-0.2, -0.15) is 0 Å². The largest absolute Gasteiger partial charge is 0.351 e. The van der Waals surface area contributed by atoms with Crippen LogP contribution in [0, 0.1) is 6.92 Å². The summed E-state index contributed by atoms with van der Waals surface area (Å²) in [4.78, 5) is 11.4. The molecule has 1 aliphatic carbocycles. The summed E-state index contributed by atoms with van der Waals surface area (Å²) in [6.45, 7) is 6.05. The van der Waals surface area contributed by atoms with Gasteiger partial charge in [0.05, 0.1) is 0 Å². The van der Waals surface area contributed by atoms with Gasteiger partial charge in [0.2, 0.25) is 0 Å². The van der Waals surface area contributed by atoms with E-state index in [1.807, 2.05) is 33.9 Å². The zero-order valence-corrected chi connectivity index (χ0v) is 11.4. The summed E-state index contributed by atoms with van der Waals surface area (Å²) in [6.07, 6.45) is 2.81. The van der Waals surface area contributed by atoms with Crippen LogP contribution in [0.25, 0.3) is 0 Å². The monoisotopic (exact) mass is 244 g/mol. The molecule has 3 heteroatoms. The van der Waals surface area contributed by atoms with Crippen molar-refractivity contribution in [1.82, 2.24) is 4.57 Å². The van der Waals surface area contributed by atoms with E-state index < -0.39 is 0 Å². The van der Waals surface area contributed by atoms with E-state index in [2.05, 4.69) is 4.57 Å². The third-order valence-electron chi connectivity index (χ3n) is 2.72. The zero-order chi connectivity index (χ0) is 10.7. The molecule has 0 aromatic carbocycles. The summed E-state index contributed by atoms with van der Waals surface area (Å²) in [5.41, 5.74) is 3.38. The second-order valence-corrected chi connectivity index (χ2v) is 3.48. The van der Waals surface area contributed by atoms with Gasteiger partial charge in [-0.25, -0.2) is 0 Å². The molecule has 2 rings (SSSR count). The third-order valence-corrected chi connectivity index (χ3v) is 2.72. The number of carbonyl (C=O) groups excluding carboxylic acids is 1. The maximum Gasteiger partial charge on any atom is 0.164 e. The molecule has 0 N–H and O–H groups in total. The predicted octanol–water partition coefficient (Wildman–Crippen LogP) is 2.88. The molecule has 83 valence electrons. The molecule has 2 nitrogen and oxygen atoms in total. The SMILES string of the molecule is CC.Cc1cc2c(n1C)CCCC2=O.[V]. The maximum absolute atomic E-state index is 11.4. The molecule has 0 bridgehead atoms. The van der Waals surface area contributed by atoms with Crippen molar-refractivity contribution in [1.29, 1.82) is 0 Å². The van der Waals surface area contributed by atoms with Crippen LogP contribution in [0.3, 0.4) is 0 Å². The van der Waals surface area contributed by atoms with Crippen molar-refractivity contribution in [3.63, 3.8) is 0 Å². The molecule has 0 saturated heterocycles. The summed E-state index contributed by atoms with van der Waals surface area (Å²) >= 11 is 0. The van der Waals surface area contributed by atoms with Crippen LogP contribution in [-0.4, -0.2) is 10.4 Å². The van der Waals surface area contributed by atoms with Crippen LogP contribution in [0.1, 0.15) is 48.4 Å². The molecule has 0 saturated carbocycles. The number of nitrogens with zero attached hydrogens (tertiary/aromatic N) is 1. The Labute approximate surface area is 104 Å². The molecule has 0 spiro atoms. The van der Waals surface area contributed by atoms with Crippen LogP contribution >= 0.6 is 0 Å². The van der Waals surface area contributed by atoms with Gasteiger partial charge in [0.15, 0.2) is 5.78 Å². The summed E-state index contributed by atoms with van der Waals surface area (Å²) in [5.74, 6) is 0.319. The number of Topliss-reactive ketones (excluding diaryl/α,β-unsaturated/α-hetero) is 1. The topological polar surface area (TPSA) is 22.0 Å². The van der Waals surface area contributed by atoms with E-state index in [-0.39, 0.29) is 18.6 Å². The molecule has 0 amide bonds. The number of fused-ring (bicyclic) bond motifs is 1. The predicted molar refractivity (Wildman–Crippen MR) is 58.8 cm³/mol. The van der Waals surface area contributed by atoms with Crippen LogP contribution < -0.4 is 0 Å². The number of rotatable bonds is 0. The van der Waals surface area contributed by atoms with Crippen molar-refractivity contribution >= 4 is 5.78 Å². The number of ketones is 1. The molecule has 0 atom stereocenters. The maximum atomic E-state index is 11.4. The molecule has 0 fully saturated rings. The Kier molecular flexibility index (Phi) is 6.00. The van der Waals surface area contributed by atoms with Crippen molar-refractivity contribution < 1.29 is 23.4 Å². The number of aryl methyl sites for hydroxylation is 1. The molecular weight excluding hydrogens is 225 g/mol. The molecule has 0 aliphatic heterocycles. The number of hydrogen-bond acceptors (Lipinski definition) is 1. The summed E-state index contributed by atoms with van der Waals surface area (Å²) < 4.78 is 2.13. The molecule has 15 heavy (non-hydrogen) atoms. The van der Waals surface area contributed by atoms with E-state index in [4.69, 9.17) is 0 Å². The van der Waals surface area contributed by atoms with Crippen LogP contribution in [0.5, 0.6) is 0 Å². The Morgan fingerprint density at radius 1 is 1.27 bits per heavy atom. The van der Waals surface area contributed by atoms with E-state index in [0.717, 1.165) is 24.8 Å². The van der Waals surface area contributed by atoms with Gasteiger partial charge in [-0.05, 0) is 25.8 Å². The van der Waals surface area contributed by atoms with Gasteiger partial charge in [-0.15, -0.1) is 0 Å². The Hall–Kier alpha value is -0.466. The quantitative estimate of drug-likeness (QED) is 0.687. The normalized spacial score (nSPS) is 13.5. The fourth-order valence-corrected chi connectivity index (χ4v) is 1.88. The molecule has 1 radical (unpaired) electrons. The second kappa shape index (κ2) is 6.19. The van der Waals surface area contributed by atoms with Crippen molar-refractivity contribution in [2.24, 2.45) is 7.05 Å². The first kappa shape index (κ1) is 14.5. The van der Waals surface area contributed by atoms with Crippen LogP contribution in [-0.2, 0) is 32.0 Å². The zero-order valence-electron chi connectivity index (χ0n) is 10.0. The number of carbonyl (C=O) groups is 1. The fraction of sp³-hybridized carbons (Fsp3) is 0.583. The Balaban J connectivity index is 0.000000617. The number of aromatic nitrogens is 1. The summed E-state index contributed by atoms with van der Waals surface area (Å²) in [5, 5.41) is 0. The van der Waals surface area contributed by atoms with Crippen LogP contribution in [0.4, 0.5) is 0 Å². The van der Waals surface area contributed by atoms with Gasteiger partial charge in [-0.3, -0.25) is 4.79 Å². The molecule has 1 heterocycles.